The topological polar surface area (TPSA) is 122 Å². The van der Waals surface area contributed by atoms with E-state index in [0.29, 0.717) is 12.2 Å². The van der Waals surface area contributed by atoms with Crippen LogP contribution in [0, 0.1) is 0 Å². The van der Waals surface area contributed by atoms with Gasteiger partial charge in [0.2, 0.25) is 0 Å². The first-order chi connectivity index (χ1) is 14.8. The lowest BCUT2D eigenvalue weighted by molar-refractivity contribution is -0.122. The molecule has 0 unspecified atom stereocenters. The highest BCUT2D eigenvalue weighted by molar-refractivity contribution is 6.39. The summed E-state index contributed by atoms with van der Waals surface area (Å²) in [5.74, 6) is -2.09. The molecule has 4 amide bonds. The second-order valence-corrected chi connectivity index (χ2v) is 6.39. The molecular formula is C22H20N2O7. The summed E-state index contributed by atoms with van der Waals surface area (Å²) in [6, 6.07) is 9.10. The third kappa shape index (κ3) is 4.55. The molecule has 1 aliphatic rings. The number of benzene rings is 2. The van der Waals surface area contributed by atoms with Crippen molar-refractivity contribution in [2.45, 2.75) is 13.8 Å². The van der Waals surface area contributed by atoms with Crippen LogP contribution >= 0.6 is 0 Å². The summed E-state index contributed by atoms with van der Waals surface area (Å²) in [6.45, 7) is 3.96. The van der Waals surface area contributed by atoms with E-state index in [2.05, 4.69) is 5.32 Å². The molecule has 1 saturated heterocycles. The fraction of sp³-hybridized carbons (Fsp3) is 0.182. The predicted molar refractivity (Wildman–Crippen MR) is 111 cm³/mol. The quantitative estimate of drug-likeness (QED) is 0.415. The van der Waals surface area contributed by atoms with Gasteiger partial charge in [-0.3, -0.25) is 14.9 Å². The van der Waals surface area contributed by atoms with Gasteiger partial charge in [-0.25, -0.2) is 14.5 Å². The van der Waals surface area contributed by atoms with Crippen molar-refractivity contribution >= 4 is 35.6 Å². The van der Waals surface area contributed by atoms with Gasteiger partial charge in [-0.1, -0.05) is 6.07 Å². The van der Waals surface area contributed by atoms with Crippen molar-refractivity contribution in [1.29, 1.82) is 0 Å². The summed E-state index contributed by atoms with van der Waals surface area (Å²) in [5.41, 5.74) is 0.582. The molecule has 1 aliphatic heterocycles. The molecule has 2 aromatic carbocycles. The average molecular weight is 424 g/mol. The van der Waals surface area contributed by atoms with E-state index in [-0.39, 0.29) is 34.9 Å². The van der Waals surface area contributed by atoms with E-state index in [0.717, 1.165) is 4.90 Å². The Morgan fingerprint density at radius 2 is 1.77 bits per heavy atom. The summed E-state index contributed by atoms with van der Waals surface area (Å²) in [4.78, 5) is 50.2. The maximum absolute atomic E-state index is 13.0. The Bertz CT molecular complexity index is 1070. The molecule has 31 heavy (non-hydrogen) atoms. The van der Waals surface area contributed by atoms with Crippen molar-refractivity contribution in [2.75, 3.05) is 18.1 Å². The number of phenolic OH excluding ortho intramolecular Hbond substituents is 1. The maximum Gasteiger partial charge on any atom is 0.338 e. The number of anilines is 1. The fourth-order valence-corrected chi connectivity index (χ4v) is 2.91. The Morgan fingerprint density at radius 3 is 2.42 bits per heavy atom. The number of imide groups is 2. The maximum atomic E-state index is 13.0. The number of phenols is 1. The minimum atomic E-state index is -0.906. The third-order valence-electron chi connectivity index (χ3n) is 4.33. The van der Waals surface area contributed by atoms with Crippen LogP contribution in [-0.2, 0) is 14.3 Å². The second-order valence-electron chi connectivity index (χ2n) is 6.39. The van der Waals surface area contributed by atoms with E-state index in [9.17, 15) is 24.3 Å². The van der Waals surface area contributed by atoms with Crippen LogP contribution < -0.4 is 15.0 Å². The minimum absolute atomic E-state index is 0.0816. The smallest absolute Gasteiger partial charge is 0.338 e. The summed E-state index contributed by atoms with van der Waals surface area (Å²) in [5, 5.41) is 11.9. The Morgan fingerprint density at radius 1 is 1.06 bits per heavy atom. The molecule has 0 spiro atoms. The second kappa shape index (κ2) is 9.12. The van der Waals surface area contributed by atoms with Gasteiger partial charge in [0.25, 0.3) is 11.8 Å². The van der Waals surface area contributed by atoms with Gasteiger partial charge in [0, 0.05) is 0 Å². The molecule has 0 aliphatic carbocycles. The van der Waals surface area contributed by atoms with Crippen molar-refractivity contribution in [3.05, 3.63) is 59.2 Å². The summed E-state index contributed by atoms with van der Waals surface area (Å²) < 4.78 is 10.2. The average Bonchev–Trinajstić information content (AvgIpc) is 2.74. The van der Waals surface area contributed by atoms with Crippen molar-refractivity contribution in [3.63, 3.8) is 0 Å². The van der Waals surface area contributed by atoms with Crippen LogP contribution in [-0.4, -0.2) is 42.1 Å². The van der Waals surface area contributed by atoms with E-state index in [1.54, 1.807) is 13.8 Å². The van der Waals surface area contributed by atoms with Crippen LogP contribution in [0.1, 0.15) is 29.8 Å². The van der Waals surface area contributed by atoms with Crippen LogP contribution in [0.2, 0.25) is 0 Å². The van der Waals surface area contributed by atoms with Crippen molar-refractivity contribution in [3.8, 4) is 11.5 Å². The number of hydrogen-bond acceptors (Lipinski definition) is 7. The first-order valence-electron chi connectivity index (χ1n) is 9.50. The number of ether oxygens (including phenoxy) is 2. The van der Waals surface area contributed by atoms with Crippen LogP contribution in [0.25, 0.3) is 6.08 Å². The number of carbonyl (C=O) groups is 4. The van der Waals surface area contributed by atoms with Crippen LogP contribution in [0.5, 0.6) is 11.5 Å². The van der Waals surface area contributed by atoms with Crippen molar-refractivity contribution in [2.24, 2.45) is 0 Å². The number of aromatic hydroxyl groups is 1. The largest absolute Gasteiger partial charge is 0.504 e. The zero-order chi connectivity index (χ0) is 22.5. The lowest BCUT2D eigenvalue weighted by atomic mass is 10.1. The Balaban J connectivity index is 1.93. The predicted octanol–water partition coefficient (Wildman–Crippen LogP) is 2.63. The first-order valence-corrected chi connectivity index (χ1v) is 9.50. The van der Waals surface area contributed by atoms with Gasteiger partial charge in [-0.15, -0.1) is 0 Å². The molecule has 2 aromatic rings. The molecule has 0 radical (unpaired) electrons. The standard InChI is InChI=1S/C22H20N2O7/c1-3-30-18-12-13(5-10-17(18)25)11-16-19(26)23-22(29)24(20(16)27)15-8-6-14(7-9-15)21(28)31-4-2/h5-12,25H,3-4H2,1-2H3,(H,23,26,29)/b16-11-. The molecule has 0 atom stereocenters. The summed E-state index contributed by atoms with van der Waals surface area (Å²) >= 11 is 0. The molecule has 9 nitrogen and oxygen atoms in total. The zero-order valence-corrected chi connectivity index (χ0v) is 16.9. The SMILES string of the molecule is CCOC(=O)c1ccc(N2C(=O)NC(=O)/C(=C/c3ccc(O)c(OCC)c3)C2=O)cc1. The highest BCUT2D eigenvalue weighted by atomic mass is 16.5. The van der Waals surface area contributed by atoms with Gasteiger partial charge in [-0.05, 0) is 61.9 Å². The van der Waals surface area contributed by atoms with E-state index in [1.807, 2.05) is 0 Å². The first kappa shape index (κ1) is 21.6. The lowest BCUT2D eigenvalue weighted by Crippen LogP contribution is -2.54. The molecule has 1 fully saturated rings. The van der Waals surface area contributed by atoms with Gasteiger partial charge < -0.3 is 14.6 Å². The number of nitrogens with zero attached hydrogens (tertiary/aromatic N) is 1. The molecule has 160 valence electrons. The Labute approximate surface area is 177 Å². The Hall–Kier alpha value is -4.14. The highest BCUT2D eigenvalue weighted by Crippen LogP contribution is 2.29. The number of carbonyl (C=O) groups excluding carboxylic acids is 4. The molecule has 3 rings (SSSR count). The van der Waals surface area contributed by atoms with Crippen LogP contribution in [0.3, 0.4) is 0 Å². The molecule has 1 heterocycles. The van der Waals surface area contributed by atoms with E-state index >= 15 is 0 Å². The monoisotopic (exact) mass is 424 g/mol. The summed E-state index contributed by atoms with van der Waals surface area (Å²) in [6.07, 6.45) is 1.30. The van der Waals surface area contributed by atoms with Crippen LogP contribution in [0.4, 0.5) is 10.5 Å². The van der Waals surface area contributed by atoms with Gasteiger partial charge in [0.15, 0.2) is 11.5 Å². The van der Waals surface area contributed by atoms with Gasteiger partial charge in [0.1, 0.15) is 5.57 Å². The summed E-state index contributed by atoms with van der Waals surface area (Å²) in [7, 11) is 0. The molecular weight excluding hydrogens is 404 g/mol. The van der Waals surface area contributed by atoms with Gasteiger partial charge in [0.05, 0.1) is 24.5 Å². The van der Waals surface area contributed by atoms with Gasteiger partial charge >= 0.3 is 12.0 Å². The number of nitrogens with one attached hydrogen (secondary N) is 1. The van der Waals surface area contributed by atoms with E-state index in [1.165, 1.54) is 48.5 Å². The number of urea groups is 1. The zero-order valence-electron chi connectivity index (χ0n) is 16.9. The van der Waals surface area contributed by atoms with Crippen molar-refractivity contribution in [1.82, 2.24) is 5.32 Å². The number of barbiturate groups is 1. The molecule has 0 saturated carbocycles. The third-order valence-corrected chi connectivity index (χ3v) is 4.33. The number of hydrogen-bond donors (Lipinski definition) is 2. The molecule has 9 heteroatoms. The van der Waals surface area contributed by atoms with Crippen LogP contribution in [0.15, 0.2) is 48.0 Å². The number of rotatable bonds is 6. The Kier molecular flexibility index (Phi) is 6.35. The van der Waals surface area contributed by atoms with Gasteiger partial charge in [-0.2, -0.15) is 0 Å². The minimum Gasteiger partial charge on any atom is -0.504 e. The lowest BCUT2D eigenvalue weighted by Gasteiger charge is -2.26. The molecule has 0 aromatic heterocycles. The normalized spacial score (nSPS) is 15.1. The van der Waals surface area contributed by atoms with E-state index in [4.69, 9.17) is 9.47 Å². The highest BCUT2D eigenvalue weighted by Gasteiger charge is 2.36. The number of amides is 4. The molecule has 2 N–H and O–H groups in total. The number of esters is 1. The van der Waals surface area contributed by atoms with Crippen molar-refractivity contribution < 1.29 is 33.8 Å². The fourth-order valence-electron chi connectivity index (χ4n) is 2.91. The molecule has 0 bridgehead atoms. The van der Waals surface area contributed by atoms with E-state index < -0.39 is 23.8 Å².